The second kappa shape index (κ2) is 0.725. The minimum Gasteiger partial charge on any atom is -0.317 e. The molecule has 0 aromatic carbocycles. The Labute approximate surface area is 28.8 Å². The summed E-state index contributed by atoms with van der Waals surface area (Å²) in [6.45, 7) is 0.402. The molecule has 1 nitrogen and oxygen atoms in total. The van der Waals surface area contributed by atoms with E-state index in [9.17, 15) is 0 Å². The lowest BCUT2D eigenvalue weighted by molar-refractivity contribution is 0.527. The van der Waals surface area contributed by atoms with Gasteiger partial charge in [0.05, 0.1) is 0 Å². The maximum atomic E-state index is 6.87. The summed E-state index contributed by atoms with van der Waals surface area (Å²) in [7, 11) is 0. The molecule has 2 unspecified atom stereocenters. The zero-order valence-electron chi connectivity index (χ0n) is 4.36. The first-order chi connectivity index (χ1) is 2.80. The van der Waals surface area contributed by atoms with Crippen molar-refractivity contribution in [2.24, 2.45) is 0 Å². The largest absolute Gasteiger partial charge is 0.317 e. The van der Waals surface area contributed by atoms with Crippen LogP contribution in [-0.4, -0.2) is 13.1 Å². The second-order valence-electron chi connectivity index (χ2n) is 0.811. The fraction of sp³-hybridized carbons (Fsp3) is 1.00. The van der Waals surface area contributed by atoms with Crippen LogP contribution >= 0.6 is 0 Å². The Hall–Kier alpha value is -0.0400. The van der Waals surface area contributed by atoms with E-state index in [1.54, 1.807) is 0 Å². The third-order valence-electron chi connectivity index (χ3n) is 0.471. The molecule has 1 aliphatic heterocycles. The maximum Gasteiger partial charge on any atom is 0.0428 e. The zero-order valence-corrected chi connectivity index (χ0v) is 2.36. The van der Waals surface area contributed by atoms with Gasteiger partial charge in [-0.1, -0.05) is 0 Å². The van der Waals surface area contributed by atoms with Gasteiger partial charge in [-0.2, -0.15) is 0 Å². The van der Waals surface area contributed by atoms with Gasteiger partial charge in [0.1, 0.15) is 0 Å². The van der Waals surface area contributed by atoms with Gasteiger partial charge in [0.25, 0.3) is 0 Å². The summed E-state index contributed by atoms with van der Waals surface area (Å²) in [5.74, 6) is 0. The summed E-state index contributed by atoms with van der Waals surface area (Å²) < 4.78 is 13.7. The van der Waals surface area contributed by atoms with E-state index in [4.69, 9.17) is 2.74 Å². The number of hydrogen-bond acceptors (Lipinski definition) is 1. The average Bonchev–Trinajstić information content (AvgIpc) is 1.61. The molecule has 1 heterocycles. The first-order valence-electron chi connectivity index (χ1n) is 2.54. The zero-order chi connectivity index (χ0) is 4.57. The van der Waals surface area contributed by atoms with Gasteiger partial charge in [-0.05, 0) is 19.5 Å². The van der Waals surface area contributed by atoms with Crippen molar-refractivity contribution in [3.05, 3.63) is 0 Å². The molecule has 2 atom stereocenters. The quantitative estimate of drug-likeness (QED) is 0.413. The fourth-order valence-electron chi connectivity index (χ4n) is 0.118. The van der Waals surface area contributed by atoms with Crippen LogP contribution in [0.2, 0.25) is 0 Å². The Kier molecular flexibility index (Phi) is 0.177. The lowest BCUT2D eigenvalue weighted by atomic mass is 10.3. The molecule has 0 saturated carbocycles. The van der Waals surface area contributed by atoms with Crippen molar-refractivity contribution < 1.29 is 2.74 Å². The van der Waals surface area contributed by atoms with Gasteiger partial charge >= 0.3 is 0 Å². The SMILES string of the molecule is [2H]C1CNC1[2H]. The summed E-state index contributed by atoms with van der Waals surface area (Å²) in [5, 5.41) is 2.74. The summed E-state index contributed by atoms with van der Waals surface area (Å²) >= 11 is 0. The maximum absolute atomic E-state index is 6.87. The molecule has 0 radical (unpaired) electrons. The standard InChI is InChI=1S/C3H7N/c1-2-4-3-1/h4H,1-3H2/i1D,2D. The minimum absolute atomic E-state index is 0.162. The van der Waals surface area contributed by atoms with Crippen LogP contribution in [0.1, 0.15) is 9.14 Å². The number of rotatable bonds is 0. The Morgan fingerprint density at radius 1 is 2.00 bits per heavy atom. The van der Waals surface area contributed by atoms with Gasteiger partial charge in [0.15, 0.2) is 0 Å². The third-order valence-corrected chi connectivity index (χ3v) is 0.471. The van der Waals surface area contributed by atoms with Crippen molar-refractivity contribution in [3.8, 4) is 0 Å². The Morgan fingerprint density at radius 2 is 2.75 bits per heavy atom. The number of hydrogen-bond donors (Lipinski definition) is 1. The molecule has 1 rings (SSSR count). The second-order valence-corrected chi connectivity index (χ2v) is 0.811. The Bertz CT molecular complexity index is 48.8. The molecule has 0 aromatic rings. The average molecular weight is 59.1 g/mol. The van der Waals surface area contributed by atoms with Crippen LogP contribution in [0.25, 0.3) is 0 Å². The van der Waals surface area contributed by atoms with Gasteiger partial charge in [0, 0.05) is 2.74 Å². The predicted octanol–water partition coefficient (Wildman–Crippen LogP) is -0.0203. The molecule has 0 bridgehead atoms. The van der Waals surface area contributed by atoms with E-state index in [1.807, 2.05) is 0 Å². The highest BCUT2D eigenvalue weighted by Crippen LogP contribution is 1.80. The van der Waals surface area contributed by atoms with Crippen LogP contribution in [0.5, 0.6) is 0 Å². The van der Waals surface area contributed by atoms with Crippen LogP contribution < -0.4 is 5.32 Å². The summed E-state index contributed by atoms with van der Waals surface area (Å²) in [4.78, 5) is 0. The van der Waals surface area contributed by atoms with E-state index in [-0.39, 0.29) is 12.9 Å². The lowest BCUT2D eigenvalue weighted by Crippen LogP contribution is -2.29. The van der Waals surface area contributed by atoms with E-state index in [2.05, 4.69) is 5.32 Å². The highest BCUT2D eigenvalue weighted by molar-refractivity contribution is 4.56. The first kappa shape index (κ1) is 0.977. The van der Waals surface area contributed by atoms with Crippen molar-refractivity contribution in [1.29, 1.82) is 0 Å². The molecule has 24 valence electrons. The van der Waals surface area contributed by atoms with Crippen LogP contribution in [0.4, 0.5) is 0 Å². The van der Waals surface area contributed by atoms with Crippen molar-refractivity contribution in [3.63, 3.8) is 0 Å². The summed E-state index contributed by atoms with van der Waals surface area (Å²) in [6, 6.07) is 0. The number of nitrogens with one attached hydrogen (secondary N) is 1. The van der Waals surface area contributed by atoms with Crippen molar-refractivity contribution >= 4 is 0 Å². The molecule has 1 N–H and O–H groups in total. The normalized spacial score (nSPS) is 68.0. The van der Waals surface area contributed by atoms with E-state index in [0.29, 0.717) is 6.54 Å². The van der Waals surface area contributed by atoms with E-state index < -0.39 is 0 Å². The molecular formula is C3H7N. The van der Waals surface area contributed by atoms with Gasteiger partial charge < -0.3 is 5.32 Å². The Balaban J connectivity index is 2.20. The van der Waals surface area contributed by atoms with Gasteiger partial charge in [-0.25, -0.2) is 0 Å². The monoisotopic (exact) mass is 59.1 g/mol. The molecule has 4 heavy (non-hydrogen) atoms. The molecule has 0 aliphatic carbocycles. The molecule has 0 aromatic heterocycles. The van der Waals surface area contributed by atoms with Crippen molar-refractivity contribution in [2.75, 3.05) is 13.1 Å². The summed E-state index contributed by atoms with van der Waals surface area (Å²) in [6.07, 6.45) is -0.162. The van der Waals surface area contributed by atoms with Gasteiger partial charge in [-0.15, -0.1) is 0 Å². The molecule has 0 spiro atoms. The third kappa shape index (κ3) is 0.115. The van der Waals surface area contributed by atoms with Gasteiger partial charge in [-0.3, -0.25) is 0 Å². The smallest absolute Gasteiger partial charge is 0.0428 e. The van der Waals surface area contributed by atoms with Gasteiger partial charge in [0.2, 0.25) is 0 Å². The highest BCUT2D eigenvalue weighted by Gasteiger charge is 1.92. The van der Waals surface area contributed by atoms with Crippen molar-refractivity contribution in [1.82, 2.24) is 5.32 Å². The molecule has 0 amide bonds. The minimum atomic E-state index is -0.301. The van der Waals surface area contributed by atoms with Crippen LogP contribution in [0, 0.1) is 0 Å². The van der Waals surface area contributed by atoms with Crippen LogP contribution in [-0.2, 0) is 0 Å². The van der Waals surface area contributed by atoms with Crippen LogP contribution in [0.15, 0.2) is 0 Å². The highest BCUT2D eigenvalue weighted by atomic mass is 14.9. The van der Waals surface area contributed by atoms with Crippen molar-refractivity contribution in [2.45, 2.75) is 6.40 Å². The molecule has 1 aliphatic rings. The topological polar surface area (TPSA) is 12.0 Å². The van der Waals surface area contributed by atoms with E-state index in [1.165, 1.54) is 0 Å². The summed E-state index contributed by atoms with van der Waals surface area (Å²) in [5.41, 5.74) is 0. The lowest BCUT2D eigenvalue weighted by Gasteiger charge is -2.09. The first-order valence-corrected chi connectivity index (χ1v) is 1.38. The molecule has 1 heteroatoms. The molecule has 1 fully saturated rings. The molecule has 1 saturated heterocycles. The van der Waals surface area contributed by atoms with Crippen LogP contribution in [0.3, 0.4) is 0 Å². The van der Waals surface area contributed by atoms with E-state index >= 15 is 0 Å². The van der Waals surface area contributed by atoms with E-state index in [0.717, 1.165) is 0 Å². The Morgan fingerprint density at radius 3 is 2.75 bits per heavy atom. The molecular weight excluding hydrogens is 50.0 g/mol. The fourth-order valence-corrected chi connectivity index (χ4v) is 0.118. The predicted molar refractivity (Wildman–Crippen MR) is 17.5 cm³/mol.